The molecule has 0 unspecified atom stereocenters. The number of ether oxygens (including phenoxy) is 1. The van der Waals surface area contributed by atoms with Gasteiger partial charge in [-0.2, -0.15) is 5.26 Å². The molecule has 6 heteroatoms. The Morgan fingerprint density at radius 1 is 1.24 bits per heavy atom. The molecule has 0 fully saturated rings. The lowest BCUT2D eigenvalue weighted by molar-refractivity contribution is -0.131. The summed E-state index contributed by atoms with van der Waals surface area (Å²) in [7, 11) is 0. The zero-order valence-corrected chi connectivity index (χ0v) is 15.0. The summed E-state index contributed by atoms with van der Waals surface area (Å²) in [4.78, 5) is 23.2. The van der Waals surface area contributed by atoms with Crippen LogP contribution in [0.15, 0.2) is 58.6 Å². The minimum atomic E-state index is -0.452. The highest BCUT2D eigenvalue weighted by molar-refractivity contribution is 9.10. The van der Waals surface area contributed by atoms with Gasteiger partial charge in [0, 0.05) is 13.5 Å². The van der Waals surface area contributed by atoms with Gasteiger partial charge >= 0.3 is 5.97 Å². The van der Waals surface area contributed by atoms with E-state index in [1.165, 1.54) is 13.0 Å². The van der Waals surface area contributed by atoms with Crippen molar-refractivity contribution in [1.82, 2.24) is 5.32 Å². The van der Waals surface area contributed by atoms with Gasteiger partial charge in [0.2, 0.25) is 0 Å². The zero-order valence-electron chi connectivity index (χ0n) is 13.5. The molecule has 5 nitrogen and oxygen atoms in total. The van der Waals surface area contributed by atoms with Crippen LogP contribution in [0, 0.1) is 11.3 Å². The summed E-state index contributed by atoms with van der Waals surface area (Å²) >= 11 is 3.30. The van der Waals surface area contributed by atoms with Crippen LogP contribution in [0.3, 0.4) is 0 Å². The largest absolute Gasteiger partial charge is 0.426 e. The number of esters is 1. The van der Waals surface area contributed by atoms with E-state index in [-0.39, 0.29) is 5.57 Å². The number of carbonyl (C=O) groups excluding carboxylic acids is 2. The summed E-state index contributed by atoms with van der Waals surface area (Å²) in [5.41, 5.74) is 1.57. The van der Waals surface area contributed by atoms with Crippen molar-refractivity contribution < 1.29 is 14.3 Å². The molecule has 2 aromatic rings. The van der Waals surface area contributed by atoms with Crippen molar-refractivity contribution >= 4 is 33.9 Å². The molecule has 2 aromatic carbocycles. The molecular weight excluding hydrogens is 384 g/mol. The molecule has 0 saturated carbocycles. The van der Waals surface area contributed by atoms with Crippen LogP contribution in [0.4, 0.5) is 0 Å². The van der Waals surface area contributed by atoms with Crippen LogP contribution in [0.5, 0.6) is 5.75 Å². The molecule has 2 rings (SSSR count). The highest BCUT2D eigenvalue weighted by Gasteiger charge is 2.10. The van der Waals surface area contributed by atoms with Gasteiger partial charge in [-0.25, -0.2) is 0 Å². The van der Waals surface area contributed by atoms with Crippen molar-refractivity contribution in [3.05, 3.63) is 69.7 Å². The number of carbonyl (C=O) groups is 2. The lowest BCUT2D eigenvalue weighted by Gasteiger charge is -2.06. The average molecular weight is 399 g/mol. The van der Waals surface area contributed by atoms with Crippen molar-refractivity contribution in [3.63, 3.8) is 0 Å². The van der Waals surface area contributed by atoms with E-state index in [9.17, 15) is 14.9 Å². The predicted molar refractivity (Wildman–Crippen MR) is 97.3 cm³/mol. The van der Waals surface area contributed by atoms with Gasteiger partial charge in [0.1, 0.15) is 17.4 Å². The summed E-state index contributed by atoms with van der Waals surface area (Å²) in [6, 6.07) is 16.2. The minimum absolute atomic E-state index is 0.0110. The molecule has 0 aliphatic heterocycles. The monoisotopic (exact) mass is 398 g/mol. The highest BCUT2D eigenvalue weighted by Crippen LogP contribution is 2.27. The van der Waals surface area contributed by atoms with Crippen molar-refractivity contribution in [3.8, 4) is 11.8 Å². The first kappa shape index (κ1) is 18.4. The molecule has 0 bridgehead atoms. The molecule has 0 aliphatic rings. The molecule has 0 spiro atoms. The van der Waals surface area contributed by atoms with Gasteiger partial charge < -0.3 is 10.1 Å². The fourth-order valence-electron chi connectivity index (χ4n) is 2.03. The van der Waals surface area contributed by atoms with Crippen molar-refractivity contribution in [2.45, 2.75) is 13.5 Å². The Balaban J connectivity index is 2.11. The molecule has 25 heavy (non-hydrogen) atoms. The average Bonchev–Trinajstić information content (AvgIpc) is 2.60. The van der Waals surface area contributed by atoms with E-state index in [0.717, 1.165) is 5.56 Å². The van der Waals surface area contributed by atoms with Crippen LogP contribution in [0.1, 0.15) is 18.1 Å². The SMILES string of the molecule is CC(=O)Oc1ccc(/C=C(\C#N)C(=O)NCc2ccccc2)cc1Br. The van der Waals surface area contributed by atoms with Crippen LogP contribution >= 0.6 is 15.9 Å². The van der Waals surface area contributed by atoms with Crippen molar-refractivity contribution in [1.29, 1.82) is 5.26 Å². The molecule has 0 aliphatic carbocycles. The number of nitriles is 1. The summed E-state index contributed by atoms with van der Waals surface area (Å²) in [5.74, 6) is -0.509. The maximum atomic E-state index is 12.2. The molecule has 1 amide bonds. The second-order valence-corrected chi connectivity index (χ2v) is 5.98. The first-order valence-electron chi connectivity index (χ1n) is 7.41. The fourth-order valence-corrected chi connectivity index (χ4v) is 2.51. The topological polar surface area (TPSA) is 79.2 Å². The first-order valence-corrected chi connectivity index (χ1v) is 8.21. The number of halogens is 1. The van der Waals surface area contributed by atoms with Gasteiger partial charge in [-0.05, 0) is 45.3 Å². The summed E-state index contributed by atoms with van der Waals surface area (Å²) in [6.07, 6.45) is 1.47. The van der Waals surface area contributed by atoms with Crippen LogP contribution in [-0.4, -0.2) is 11.9 Å². The Kier molecular flexibility index (Phi) is 6.49. The van der Waals surface area contributed by atoms with E-state index in [0.29, 0.717) is 22.3 Å². The van der Waals surface area contributed by atoms with Gasteiger partial charge in [-0.3, -0.25) is 9.59 Å². The van der Waals surface area contributed by atoms with Crippen LogP contribution in [-0.2, 0) is 16.1 Å². The van der Waals surface area contributed by atoms with Gasteiger partial charge in [-0.1, -0.05) is 36.4 Å². The van der Waals surface area contributed by atoms with Gasteiger partial charge in [0.25, 0.3) is 5.91 Å². The molecule has 0 radical (unpaired) electrons. The Labute approximate surface area is 154 Å². The molecular formula is C19H15BrN2O3. The predicted octanol–water partition coefficient (Wildman–Crippen LogP) is 3.60. The van der Waals surface area contributed by atoms with Crippen LogP contribution in [0.25, 0.3) is 6.08 Å². The Hall–Kier alpha value is -2.91. The summed E-state index contributed by atoms with van der Waals surface area (Å²) < 4.78 is 5.57. The van der Waals surface area contributed by atoms with Gasteiger partial charge in [-0.15, -0.1) is 0 Å². The lowest BCUT2D eigenvalue weighted by Crippen LogP contribution is -2.23. The summed E-state index contributed by atoms with van der Waals surface area (Å²) in [6.45, 7) is 1.65. The smallest absolute Gasteiger partial charge is 0.308 e. The number of hydrogen-bond acceptors (Lipinski definition) is 4. The third kappa shape index (κ3) is 5.59. The standard InChI is InChI=1S/C19H15BrN2O3/c1-13(23)25-18-8-7-15(10-17(18)20)9-16(11-21)19(24)22-12-14-5-3-2-4-6-14/h2-10H,12H2,1H3,(H,22,24)/b16-9+. The Bertz CT molecular complexity index is 855. The van der Waals surface area contributed by atoms with Crippen molar-refractivity contribution in [2.24, 2.45) is 0 Å². The molecule has 0 saturated heterocycles. The molecule has 0 atom stereocenters. The van der Waals surface area contributed by atoms with Gasteiger partial charge in [0.15, 0.2) is 0 Å². The second kappa shape index (κ2) is 8.81. The number of nitrogens with one attached hydrogen (secondary N) is 1. The maximum absolute atomic E-state index is 12.2. The Morgan fingerprint density at radius 3 is 2.56 bits per heavy atom. The number of hydrogen-bond donors (Lipinski definition) is 1. The Morgan fingerprint density at radius 2 is 1.96 bits per heavy atom. The first-order chi connectivity index (χ1) is 12.0. The normalized spacial score (nSPS) is 10.7. The quantitative estimate of drug-likeness (QED) is 0.361. The number of benzene rings is 2. The fraction of sp³-hybridized carbons (Fsp3) is 0.105. The maximum Gasteiger partial charge on any atom is 0.308 e. The highest BCUT2D eigenvalue weighted by atomic mass is 79.9. The molecule has 0 aromatic heterocycles. The van der Waals surface area contributed by atoms with E-state index in [2.05, 4.69) is 21.2 Å². The lowest BCUT2D eigenvalue weighted by atomic mass is 10.1. The van der Waals surface area contributed by atoms with E-state index >= 15 is 0 Å². The van der Waals surface area contributed by atoms with E-state index in [1.807, 2.05) is 36.4 Å². The molecule has 126 valence electrons. The summed E-state index contributed by atoms with van der Waals surface area (Å²) in [5, 5.41) is 11.9. The van der Waals surface area contributed by atoms with E-state index in [4.69, 9.17) is 4.74 Å². The zero-order chi connectivity index (χ0) is 18.2. The van der Waals surface area contributed by atoms with Crippen LogP contribution in [0.2, 0.25) is 0 Å². The van der Waals surface area contributed by atoms with Crippen molar-refractivity contribution in [2.75, 3.05) is 0 Å². The van der Waals surface area contributed by atoms with E-state index < -0.39 is 11.9 Å². The van der Waals surface area contributed by atoms with E-state index in [1.54, 1.807) is 18.2 Å². The number of amides is 1. The molecule has 1 N–H and O–H groups in total. The third-order valence-corrected chi connectivity index (χ3v) is 3.80. The third-order valence-electron chi connectivity index (χ3n) is 3.18. The molecule has 0 heterocycles. The number of nitrogens with zero attached hydrogens (tertiary/aromatic N) is 1. The minimum Gasteiger partial charge on any atom is -0.426 e. The van der Waals surface area contributed by atoms with Gasteiger partial charge in [0.05, 0.1) is 4.47 Å². The number of rotatable bonds is 5. The van der Waals surface area contributed by atoms with Crippen LogP contribution < -0.4 is 10.1 Å². The second-order valence-electron chi connectivity index (χ2n) is 5.12.